The molecule has 3 atom stereocenters. The molecule has 0 aliphatic carbocycles. The molecule has 68 valence electrons. The van der Waals surface area contributed by atoms with Crippen LogP contribution < -0.4 is 11.5 Å². The van der Waals surface area contributed by atoms with Gasteiger partial charge in [0.2, 0.25) is 0 Å². The van der Waals surface area contributed by atoms with Crippen molar-refractivity contribution >= 4 is 0 Å². The van der Waals surface area contributed by atoms with E-state index in [-0.39, 0.29) is 24.6 Å². The van der Waals surface area contributed by atoms with Crippen LogP contribution in [0.25, 0.3) is 0 Å². The molecule has 0 heterocycles. The van der Waals surface area contributed by atoms with Crippen molar-refractivity contribution in [1.82, 2.24) is 0 Å². The molecule has 3 unspecified atom stereocenters. The van der Waals surface area contributed by atoms with E-state index in [2.05, 4.69) is 0 Å². The van der Waals surface area contributed by atoms with E-state index in [1.54, 1.807) is 0 Å². The summed E-state index contributed by atoms with van der Waals surface area (Å²) < 4.78 is 0. The van der Waals surface area contributed by atoms with Gasteiger partial charge in [-0.05, 0) is 6.92 Å². The monoisotopic (exact) mass is 163 g/mol. The lowest BCUT2D eigenvalue weighted by Crippen LogP contribution is -2.46. The van der Waals surface area contributed by atoms with Gasteiger partial charge in [0, 0.05) is 31.0 Å². The van der Waals surface area contributed by atoms with Gasteiger partial charge in [-0.2, -0.15) is 0 Å². The maximum atomic E-state index is 8.86. The zero-order chi connectivity index (χ0) is 8.85. The second kappa shape index (κ2) is 5.49. The second-order valence-electron chi connectivity index (χ2n) is 2.92. The number of hydrogen-bond donors (Lipinski definition) is 3. The van der Waals surface area contributed by atoms with Crippen molar-refractivity contribution in [2.24, 2.45) is 17.4 Å². The summed E-state index contributed by atoms with van der Waals surface area (Å²) in [6.07, 6.45) is 0.624. The van der Waals surface area contributed by atoms with Crippen LogP contribution in [-0.2, 0) is 0 Å². The summed E-state index contributed by atoms with van der Waals surface area (Å²) in [5.41, 5.74) is 11.2. The predicted molar refractivity (Wildman–Crippen MR) is 45.3 cm³/mol. The first-order valence-corrected chi connectivity index (χ1v) is 3.90. The highest BCUT2D eigenvalue weighted by molar-refractivity contribution is 4.79. The maximum absolute atomic E-state index is 8.86. The SMILES string of the molecule is CC(N)C(N)C(CO)CC[OH2+]. The highest BCUT2D eigenvalue weighted by atomic mass is 16.3. The molecule has 7 N–H and O–H groups in total. The predicted octanol–water partition coefficient (Wildman–Crippen LogP) is -1.62. The standard InChI is InChI=1S/C7H18N2O2/c1-5(8)7(9)6(4-11)2-3-10/h5-7,10-11H,2-4,8-9H2,1H3/p+1. The van der Waals surface area contributed by atoms with Crippen LogP contribution >= 0.6 is 0 Å². The summed E-state index contributed by atoms with van der Waals surface area (Å²) in [6.45, 7) is 2.14. The molecule has 4 nitrogen and oxygen atoms in total. The normalized spacial score (nSPS) is 19.4. The summed E-state index contributed by atoms with van der Waals surface area (Å²) in [5.74, 6) is -0.0208. The summed E-state index contributed by atoms with van der Waals surface area (Å²) in [4.78, 5) is 0. The minimum atomic E-state index is -0.189. The van der Waals surface area contributed by atoms with E-state index in [0.717, 1.165) is 0 Å². The fourth-order valence-corrected chi connectivity index (χ4v) is 1.02. The summed E-state index contributed by atoms with van der Waals surface area (Å²) in [5, 5.41) is 15.8. The third kappa shape index (κ3) is 3.67. The Morgan fingerprint density at radius 1 is 1.45 bits per heavy atom. The van der Waals surface area contributed by atoms with E-state index in [4.69, 9.17) is 21.7 Å². The Hall–Kier alpha value is -0.160. The van der Waals surface area contributed by atoms with Gasteiger partial charge in [-0.25, -0.2) is 0 Å². The molecule has 0 amide bonds. The Kier molecular flexibility index (Phi) is 5.41. The zero-order valence-corrected chi connectivity index (χ0v) is 6.96. The van der Waals surface area contributed by atoms with Crippen molar-refractivity contribution in [3.05, 3.63) is 0 Å². The van der Waals surface area contributed by atoms with Crippen molar-refractivity contribution in [3.63, 3.8) is 0 Å². The van der Waals surface area contributed by atoms with E-state index < -0.39 is 0 Å². The second-order valence-corrected chi connectivity index (χ2v) is 2.92. The van der Waals surface area contributed by atoms with Gasteiger partial charge in [0.15, 0.2) is 0 Å². The molecule has 0 aliphatic heterocycles. The molecule has 0 rings (SSSR count). The molecule has 11 heavy (non-hydrogen) atoms. The van der Waals surface area contributed by atoms with Gasteiger partial charge in [-0.15, -0.1) is 0 Å². The maximum Gasteiger partial charge on any atom is 0.144 e. The molecular formula is C7H19N2O2+. The lowest BCUT2D eigenvalue weighted by atomic mass is 9.93. The van der Waals surface area contributed by atoms with Gasteiger partial charge >= 0.3 is 0 Å². The van der Waals surface area contributed by atoms with E-state index in [9.17, 15) is 0 Å². The summed E-state index contributed by atoms with van der Waals surface area (Å²) >= 11 is 0. The van der Waals surface area contributed by atoms with Crippen LogP contribution in [0.4, 0.5) is 0 Å². The van der Waals surface area contributed by atoms with Crippen LogP contribution in [0.5, 0.6) is 0 Å². The lowest BCUT2D eigenvalue weighted by molar-refractivity contribution is 0.158. The van der Waals surface area contributed by atoms with Gasteiger partial charge in [-0.1, -0.05) is 0 Å². The van der Waals surface area contributed by atoms with Crippen molar-refractivity contribution in [2.75, 3.05) is 13.2 Å². The number of rotatable bonds is 5. The number of aliphatic hydroxyl groups is 1. The first kappa shape index (κ1) is 10.8. The number of hydrogen-bond acceptors (Lipinski definition) is 3. The molecule has 0 fully saturated rings. The molecule has 0 aromatic heterocycles. The molecule has 0 aromatic rings. The van der Waals surface area contributed by atoms with Gasteiger partial charge in [0.05, 0.1) is 0 Å². The first-order chi connectivity index (χ1) is 5.13. The Balaban J connectivity index is 3.81. The molecule has 0 bridgehead atoms. The minimum Gasteiger partial charge on any atom is -0.445 e. The minimum absolute atomic E-state index is 0.0208. The average Bonchev–Trinajstić information content (AvgIpc) is 1.98. The number of nitrogens with two attached hydrogens (primary N) is 2. The fourth-order valence-electron chi connectivity index (χ4n) is 1.02. The first-order valence-electron chi connectivity index (χ1n) is 3.90. The molecule has 0 aromatic carbocycles. The van der Waals surface area contributed by atoms with Crippen molar-refractivity contribution in [2.45, 2.75) is 25.4 Å². The largest absolute Gasteiger partial charge is 0.445 e. The summed E-state index contributed by atoms with van der Waals surface area (Å²) in [7, 11) is 0. The smallest absolute Gasteiger partial charge is 0.144 e. The van der Waals surface area contributed by atoms with Crippen molar-refractivity contribution < 1.29 is 10.2 Å². The third-order valence-electron chi connectivity index (χ3n) is 1.90. The van der Waals surface area contributed by atoms with Crippen LogP contribution in [-0.4, -0.2) is 35.5 Å². The Morgan fingerprint density at radius 3 is 2.27 bits per heavy atom. The highest BCUT2D eigenvalue weighted by Gasteiger charge is 2.20. The van der Waals surface area contributed by atoms with Gasteiger partial charge in [0.1, 0.15) is 6.61 Å². The fraction of sp³-hybridized carbons (Fsp3) is 1.00. The van der Waals surface area contributed by atoms with Crippen LogP contribution in [0.3, 0.4) is 0 Å². The van der Waals surface area contributed by atoms with Crippen LogP contribution in [0.1, 0.15) is 13.3 Å². The van der Waals surface area contributed by atoms with Crippen molar-refractivity contribution in [3.8, 4) is 0 Å². The van der Waals surface area contributed by atoms with E-state index in [1.807, 2.05) is 6.92 Å². The third-order valence-corrected chi connectivity index (χ3v) is 1.90. The lowest BCUT2D eigenvalue weighted by Gasteiger charge is -2.23. The molecule has 0 spiro atoms. The van der Waals surface area contributed by atoms with Crippen LogP contribution in [0.15, 0.2) is 0 Å². The van der Waals surface area contributed by atoms with Crippen LogP contribution in [0, 0.1) is 5.92 Å². The van der Waals surface area contributed by atoms with E-state index in [1.165, 1.54) is 0 Å². The quantitative estimate of drug-likeness (QED) is 0.425. The van der Waals surface area contributed by atoms with Gasteiger partial charge in [-0.3, -0.25) is 0 Å². The molecule has 4 heteroatoms. The Bertz CT molecular complexity index is 98.4. The van der Waals surface area contributed by atoms with Gasteiger partial charge in [0.25, 0.3) is 0 Å². The molecule has 0 radical (unpaired) electrons. The zero-order valence-electron chi connectivity index (χ0n) is 6.96. The Morgan fingerprint density at radius 2 is 2.00 bits per heavy atom. The Labute approximate surface area is 67.2 Å². The molecule has 0 saturated heterocycles. The molecule has 0 saturated carbocycles. The highest BCUT2D eigenvalue weighted by Crippen LogP contribution is 2.07. The van der Waals surface area contributed by atoms with Crippen molar-refractivity contribution in [1.29, 1.82) is 0 Å². The summed E-state index contributed by atoms with van der Waals surface area (Å²) in [6, 6.07) is -0.302. The topological polar surface area (TPSA) is 95.2 Å². The van der Waals surface area contributed by atoms with Crippen LogP contribution in [0.2, 0.25) is 0 Å². The van der Waals surface area contributed by atoms with E-state index in [0.29, 0.717) is 13.0 Å². The van der Waals surface area contributed by atoms with E-state index >= 15 is 0 Å². The van der Waals surface area contributed by atoms with Gasteiger partial charge < -0.3 is 21.7 Å². The number of aliphatic hydroxyl groups excluding tert-OH is 1. The molecule has 0 aliphatic rings. The average molecular weight is 163 g/mol. The molecular weight excluding hydrogens is 144 g/mol.